The summed E-state index contributed by atoms with van der Waals surface area (Å²) in [5.41, 5.74) is 0.955. The van der Waals surface area contributed by atoms with Gasteiger partial charge in [0.15, 0.2) is 0 Å². The standard InChI is InChI=1S/C17H23ClN2O3/c18-10-16(21)20-9-5-4-8-15(12-20)11-19-17(22)23-13-14-6-2-1-3-7-14/h1-3,6-7,15H,4-5,8-13H2,(H,19,22). The lowest BCUT2D eigenvalue weighted by molar-refractivity contribution is -0.128. The molecule has 0 saturated carbocycles. The fourth-order valence-corrected chi connectivity index (χ4v) is 2.88. The molecule has 126 valence electrons. The third-order valence-corrected chi connectivity index (χ3v) is 4.21. The number of carbonyl (C=O) groups excluding carboxylic acids is 2. The molecule has 1 fully saturated rings. The number of nitrogens with one attached hydrogen (secondary N) is 1. The van der Waals surface area contributed by atoms with Crippen molar-refractivity contribution >= 4 is 23.6 Å². The largest absolute Gasteiger partial charge is 0.445 e. The van der Waals surface area contributed by atoms with Crippen molar-refractivity contribution in [2.75, 3.05) is 25.5 Å². The Morgan fingerprint density at radius 3 is 2.78 bits per heavy atom. The van der Waals surface area contributed by atoms with Crippen LogP contribution in [0.15, 0.2) is 30.3 Å². The van der Waals surface area contributed by atoms with E-state index >= 15 is 0 Å². The average molecular weight is 339 g/mol. The summed E-state index contributed by atoms with van der Waals surface area (Å²) in [5.74, 6) is 0.221. The summed E-state index contributed by atoms with van der Waals surface area (Å²) in [6.07, 6.45) is 2.61. The zero-order valence-electron chi connectivity index (χ0n) is 13.2. The van der Waals surface area contributed by atoms with E-state index in [0.29, 0.717) is 13.1 Å². The molecule has 1 N–H and O–H groups in total. The van der Waals surface area contributed by atoms with Gasteiger partial charge < -0.3 is 15.0 Å². The van der Waals surface area contributed by atoms with Crippen LogP contribution >= 0.6 is 11.6 Å². The summed E-state index contributed by atoms with van der Waals surface area (Å²) < 4.78 is 5.19. The van der Waals surface area contributed by atoms with Gasteiger partial charge in [-0.2, -0.15) is 0 Å². The van der Waals surface area contributed by atoms with Gasteiger partial charge in [0, 0.05) is 19.6 Å². The van der Waals surface area contributed by atoms with E-state index in [1.54, 1.807) is 4.90 Å². The van der Waals surface area contributed by atoms with Crippen LogP contribution in [-0.2, 0) is 16.1 Å². The molecule has 0 aromatic heterocycles. The molecule has 1 saturated heterocycles. The molecule has 0 radical (unpaired) electrons. The normalized spacial score (nSPS) is 18.1. The topological polar surface area (TPSA) is 58.6 Å². The molecule has 0 spiro atoms. The SMILES string of the molecule is O=C(NCC1CCCCN(C(=O)CCl)C1)OCc1ccccc1. The summed E-state index contributed by atoms with van der Waals surface area (Å²) in [5, 5.41) is 2.80. The van der Waals surface area contributed by atoms with Gasteiger partial charge in [-0.3, -0.25) is 4.79 Å². The molecule has 1 atom stereocenters. The smallest absolute Gasteiger partial charge is 0.407 e. The molecule has 1 unspecified atom stereocenters. The molecule has 1 aromatic rings. The summed E-state index contributed by atoms with van der Waals surface area (Å²) >= 11 is 5.63. The molecule has 2 rings (SSSR count). The van der Waals surface area contributed by atoms with E-state index in [2.05, 4.69) is 5.32 Å². The molecule has 1 heterocycles. The Balaban J connectivity index is 1.73. The van der Waals surface area contributed by atoms with Crippen molar-refractivity contribution < 1.29 is 14.3 Å². The third-order valence-electron chi connectivity index (χ3n) is 3.98. The average Bonchev–Trinajstić information content (AvgIpc) is 2.84. The summed E-state index contributed by atoms with van der Waals surface area (Å²) in [6.45, 7) is 2.17. The van der Waals surface area contributed by atoms with Gasteiger partial charge in [-0.15, -0.1) is 11.6 Å². The number of halogens is 1. The summed E-state index contributed by atoms with van der Waals surface area (Å²) in [7, 11) is 0. The lowest BCUT2D eigenvalue weighted by atomic mass is 10.0. The molecule has 5 nitrogen and oxygen atoms in total. The van der Waals surface area contributed by atoms with E-state index in [1.165, 1.54) is 0 Å². The first kappa shape index (κ1) is 17.6. The Hall–Kier alpha value is -1.75. The quantitative estimate of drug-likeness (QED) is 0.840. The number of alkyl halides is 1. The highest BCUT2D eigenvalue weighted by atomic mass is 35.5. The Morgan fingerprint density at radius 2 is 2.04 bits per heavy atom. The number of ether oxygens (including phenoxy) is 1. The van der Waals surface area contributed by atoms with Crippen LogP contribution in [0.2, 0.25) is 0 Å². The van der Waals surface area contributed by atoms with Gasteiger partial charge in [-0.05, 0) is 24.3 Å². The number of hydrogen-bond acceptors (Lipinski definition) is 3. The Labute approximate surface area is 141 Å². The number of hydrogen-bond donors (Lipinski definition) is 1. The molecular weight excluding hydrogens is 316 g/mol. The second-order valence-electron chi connectivity index (χ2n) is 5.78. The van der Waals surface area contributed by atoms with Crippen LogP contribution in [0.25, 0.3) is 0 Å². The second-order valence-corrected chi connectivity index (χ2v) is 6.05. The van der Waals surface area contributed by atoms with Crippen molar-refractivity contribution in [2.45, 2.75) is 25.9 Å². The van der Waals surface area contributed by atoms with E-state index in [1.807, 2.05) is 30.3 Å². The highest BCUT2D eigenvalue weighted by Gasteiger charge is 2.21. The third kappa shape index (κ3) is 6.10. The van der Waals surface area contributed by atoms with E-state index in [0.717, 1.165) is 31.4 Å². The van der Waals surface area contributed by atoms with E-state index in [4.69, 9.17) is 16.3 Å². The van der Waals surface area contributed by atoms with Gasteiger partial charge in [0.05, 0.1) is 0 Å². The predicted octanol–water partition coefficient (Wildman–Crippen LogP) is 2.78. The maximum atomic E-state index is 11.8. The van der Waals surface area contributed by atoms with E-state index in [-0.39, 0.29) is 24.3 Å². The summed E-state index contributed by atoms with van der Waals surface area (Å²) in [6, 6.07) is 9.56. The molecule has 23 heavy (non-hydrogen) atoms. The first-order valence-corrected chi connectivity index (χ1v) is 8.50. The molecule has 1 aromatic carbocycles. The van der Waals surface area contributed by atoms with Gasteiger partial charge >= 0.3 is 6.09 Å². The van der Waals surface area contributed by atoms with Crippen LogP contribution in [0.3, 0.4) is 0 Å². The van der Waals surface area contributed by atoms with Gasteiger partial charge in [0.25, 0.3) is 0 Å². The van der Waals surface area contributed by atoms with Crippen molar-refractivity contribution in [3.05, 3.63) is 35.9 Å². The molecule has 0 bridgehead atoms. The van der Waals surface area contributed by atoms with E-state index < -0.39 is 6.09 Å². The minimum atomic E-state index is -0.423. The Bertz CT molecular complexity index is 510. The number of rotatable bonds is 5. The van der Waals surface area contributed by atoms with Crippen LogP contribution in [0, 0.1) is 5.92 Å². The molecular formula is C17H23ClN2O3. The minimum absolute atomic E-state index is 0.0132. The van der Waals surface area contributed by atoms with E-state index in [9.17, 15) is 9.59 Å². The van der Waals surface area contributed by atoms with Crippen molar-refractivity contribution in [2.24, 2.45) is 5.92 Å². The zero-order valence-corrected chi connectivity index (χ0v) is 13.9. The first-order chi connectivity index (χ1) is 11.2. The number of carbonyl (C=O) groups is 2. The van der Waals surface area contributed by atoms with Gasteiger partial charge in [-0.25, -0.2) is 4.79 Å². The predicted molar refractivity (Wildman–Crippen MR) is 89.3 cm³/mol. The molecule has 1 aliphatic rings. The Kier molecular flexibility index (Phi) is 7.20. The molecule has 6 heteroatoms. The van der Waals surface area contributed by atoms with Crippen molar-refractivity contribution in [1.82, 2.24) is 10.2 Å². The number of alkyl carbamates (subject to hydrolysis) is 1. The summed E-state index contributed by atoms with van der Waals surface area (Å²) in [4.78, 5) is 25.3. The van der Waals surface area contributed by atoms with Crippen LogP contribution in [0.1, 0.15) is 24.8 Å². The molecule has 2 amide bonds. The lowest BCUT2D eigenvalue weighted by Gasteiger charge is -2.23. The maximum Gasteiger partial charge on any atom is 0.407 e. The highest BCUT2D eigenvalue weighted by molar-refractivity contribution is 6.27. The Morgan fingerprint density at radius 1 is 1.26 bits per heavy atom. The number of nitrogens with zero attached hydrogens (tertiary/aromatic N) is 1. The van der Waals surface area contributed by atoms with Crippen molar-refractivity contribution in [3.63, 3.8) is 0 Å². The lowest BCUT2D eigenvalue weighted by Crippen LogP contribution is -2.39. The highest BCUT2D eigenvalue weighted by Crippen LogP contribution is 2.16. The fraction of sp³-hybridized carbons (Fsp3) is 0.529. The monoisotopic (exact) mass is 338 g/mol. The maximum absolute atomic E-state index is 11.8. The first-order valence-electron chi connectivity index (χ1n) is 7.97. The van der Waals surface area contributed by atoms with Gasteiger partial charge in [-0.1, -0.05) is 36.8 Å². The van der Waals surface area contributed by atoms with Crippen LogP contribution in [0.4, 0.5) is 4.79 Å². The van der Waals surface area contributed by atoms with Crippen molar-refractivity contribution in [3.8, 4) is 0 Å². The number of amides is 2. The molecule has 1 aliphatic heterocycles. The van der Waals surface area contributed by atoms with Crippen LogP contribution in [0.5, 0.6) is 0 Å². The van der Waals surface area contributed by atoms with Gasteiger partial charge in [0.2, 0.25) is 5.91 Å². The van der Waals surface area contributed by atoms with Crippen LogP contribution < -0.4 is 5.32 Å². The van der Waals surface area contributed by atoms with Gasteiger partial charge in [0.1, 0.15) is 12.5 Å². The molecule has 0 aliphatic carbocycles. The second kappa shape index (κ2) is 9.40. The fourth-order valence-electron chi connectivity index (χ4n) is 2.71. The van der Waals surface area contributed by atoms with Crippen LogP contribution in [-0.4, -0.2) is 42.4 Å². The number of benzene rings is 1. The zero-order chi connectivity index (χ0) is 16.5. The van der Waals surface area contributed by atoms with Crippen molar-refractivity contribution in [1.29, 1.82) is 0 Å². The minimum Gasteiger partial charge on any atom is -0.445 e. The number of likely N-dealkylation sites (tertiary alicyclic amines) is 1.